The smallest absolute Gasteiger partial charge is 0.124 e. The van der Waals surface area contributed by atoms with Crippen LogP contribution in [0, 0.1) is 5.92 Å². The van der Waals surface area contributed by atoms with E-state index in [4.69, 9.17) is 0 Å². The van der Waals surface area contributed by atoms with Crippen molar-refractivity contribution in [1.29, 1.82) is 0 Å². The molecule has 0 aliphatic heterocycles. The molecule has 3 aromatic carbocycles. The summed E-state index contributed by atoms with van der Waals surface area (Å²) in [6.07, 6.45) is 3.56. The molecule has 0 radical (unpaired) electrons. The number of rotatable bonds is 5. The molecular weight excluding hydrogens is 316 g/mol. The molecule has 0 amide bonds. The third kappa shape index (κ3) is 2.50. The van der Waals surface area contributed by atoms with Gasteiger partial charge in [0.05, 0.1) is 0 Å². The lowest BCUT2D eigenvalue weighted by Gasteiger charge is -2.53. The Bertz CT molecular complexity index is 798. The lowest BCUT2D eigenvalue weighted by Crippen LogP contribution is -2.54. The fraction of sp³-hybridized carbons (Fsp3) is 0.280. The van der Waals surface area contributed by atoms with Gasteiger partial charge in [-0.1, -0.05) is 104 Å². The molecule has 0 bridgehead atoms. The fourth-order valence-corrected chi connectivity index (χ4v) is 4.64. The first-order valence-electron chi connectivity index (χ1n) is 9.56. The van der Waals surface area contributed by atoms with Gasteiger partial charge in [-0.25, -0.2) is 0 Å². The van der Waals surface area contributed by atoms with Gasteiger partial charge in [-0.05, 0) is 35.4 Å². The van der Waals surface area contributed by atoms with Crippen molar-refractivity contribution in [2.75, 3.05) is 0 Å². The molecule has 1 unspecified atom stereocenters. The molecule has 0 spiro atoms. The summed E-state index contributed by atoms with van der Waals surface area (Å²) in [4.78, 5) is 0. The second kappa shape index (κ2) is 6.74. The van der Waals surface area contributed by atoms with E-state index in [2.05, 4.69) is 61.5 Å². The quantitative estimate of drug-likeness (QED) is 0.632. The minimum Gasteiger partial charge on any atom is -0.379 e. The van der Waals surface area contributed by atoms with E-state index in [1.54, 1.807) is 0 Å². The molecule has 1 aliphatic rings. The lowest BCUT2D eigenvalue weighted by atomic mass is 9.52. The van der Waals surface area contributed by atoms with Crippen molar-refractivity contribution in [3.63, 3.8) is 0 Å². The number of benzene rings is 3. The summed E-state index contributed by atoms with van der Waals surface area (Å²) >= 11 is 0. The molecule has 26 heavy (non-hydrogen) atoms. The van der Waals surface area contributed by atoms with Gasteiger partial charge < -0.3 is 5.11 Å². The van der Waals surface area contributed by atoms with Gasteiger partial charge in [-0.15, -0.1) is 0 Å². The van der Waals surface area contributed by atoms with Crippen molar-refractivity contribution in [3.8, 4) is 0 Å². The Kier molecular flexibility index (Phi) is 4.42. The predicted octanol–water partition coefficient (Wildman–Crippen LogP) is 5.68. The summed E-state index contributed by atoms with van der Waals surface area (Å²) in [5.74, 6) is 0.454. The largest absolute Gasteiger partial charge is 0.379 e. The molecule has 4 rings (SSSR count). The van der Waals surface area contributed by atoms with Gasteiger partial charge in [0.15, 0.2) is 0 Å². The van der Waals surface area contributed by atoms with Gasteiger partial charge in [-0.3, -0.25) is 0 Å². The molecule has 1 aliphatic carbocycles. The van der Waals surface area contributed by atoms with Gasteiger partial charge in [0.2, 0.25) is 0 Å². The van der Waals surface area contributed by atoms with Crippen LogP contribution in [0.2, 0.25) is 0 Å². The lowest BCUT2D eigenvalue weighted by molar-refractivity contribution is -0.0500. The zero-order chi connectivity index (χ0) is 18.0. The summed E-state index contributed by atoms with van der Waals surface area (Å²) in [6.45, 7) is 2.26. The molecule has 0 heterocycles. The molecule has 1 atom stereocenters. The molecule has 1 saturated carbocycles. The first kappa shape index (κ1) is 17.1. The average molecular weight is 342 g/mol. The summed E-state index contributed by atoms with van der Waals surface area (Å²) in [7, 11) is 0. The second-order valence-corrected chi connectivity index (χ2v) is 7.64. The Balaban J connectivity index is 2.00. The maximum atomic E-state index is 12.5. The van der Waals surface area contributed by atoms with Crippen LogP contribution in [0.1, 0.15) is 42.9 Å². The predicted molar refractivity (Wildman–Crippen MR) is 107 cm³/mol. The van der Waals surface area contributed by atoms with Crippen LogP contribution >= 0.6 is 0 Å². The van der Waals surface area contributed by atoms with Crippen LogP contribution in [-0.2, 0) is 11.0 Å². The third-order valence-corrected chi connectivity index (χ3v) is 6.43. The Morgan fingerprint density at radius 1 is 0.654 bits per heavy atom. The average Bonchev–Trinajstić information content (AvgIpc) is 2.68. The Hall–Kier alpha value is -2.38. The molecule has 3 aromatic rings. The summed E-state index contributed by atoms with van der Waals surface area (Å²) < 4.78 is 0. The summed E-state index contributed by atoms with van der Waals surface area (Å²) in [5, 5.41) is 12.5. The van der Waals surface area contributed by atoms with E-state index in [1.807, 2.05) is 36.4 Å². The third-order valence-electron chi connectivity index (χ3n) is 6.43. The van der Waals surface area contributed by atoms with Crippen molar-refractivity contribution in [2.24, 2.45) is 5.92 Å². The van der Waals surface area contributed by atoms with E-state index in [0.29, 0.717) is 5.92 Å². The summed E-state index contributed by atoms with van der Waals surface area (Å²) in [5.41, 5.74) is 1.66. The molecule has 132 valence electrons. The molecule has 0 aromatic heterocycles. The van der Waals surface area contributed by atoms with E-state index in [0.717, 1.165) is 24.0 Å². The number of hydrogen-bond donors (Lipinski definition) is 1. The maximum Gasteiger partial charge on any atom is 0.124 e. The minimum atomic E-state index is -1.08. The van der Waals surface area contributed by atoms with Gasteiger partial charge >= 0.3 is 0 Å². The molecule has 1 nitrogen and oxygen atoms in total. The highest BCUT2D eigenvalue weighted by atomic mass is 16.3. The molecule has 1 fully saturated rings. The summed E-state index contributed by atoms with van der Waals surface area (Å²) in [6, 6.07) is 30.9. The normalized spacial score (nSPS) is 17.3. The van der Waals surface area contributed by atoms with Crippen molar-refractivity contribution in [2.45, 2.75) is 37.2 Å². The zero-order valence-corrected chi connectivity index (χ0v) is 15.3. The fourth-order valence-electron chi connectivity index (χ4n) is 4.64. The zero-order valence-electron chi connectivity index (χ0n) is 15.3. The van der Waals surface area contributed by atoms with E-state index < -0.39 is 11.0 Å². The van der Waals surface area contributed by atoms with Crippen molar-refractivity contribution in [1.82, 2.24) is 0 Å². The Morgan fingerprint density at radius 2 is 1.04 bits per heavy atom. The molecule has 0 saturated heterocycles. The van der Waals surface area contributed by atoms with Gasteiger partial charge in [0, 0.05) is 5.41 Å². The molecule has 1 N–H and O–H groups in total. The van der Waals surface area contributed by atoms with Crippen molar-refractivity contribution in [3.05, 3.63) is 108 Å². The Labute approximate surface area is 156 Å². The monoisotopic (exact) mass is 342 g/mol. The van der Waals surface area contributed by atoms with Crippen LogP contribution in [-0.4, -0.2) is 5.11 Å². The van der Waals surface area contributed by atoms with Crippen molar-refractivity contribution < 1.29 is 5.11 Å². The van der Waals surface area contributed by atoms with Crippen molar-refractivity contribution >= 4 is 0 Å². The standard InChI is InChI=1S/C25H26O/c1-24(21-18-11-19-21,20-12-5-2-6-13-20)25(26,22-14-7-3-8-15-22)23-16-9-4-10-17-23/h2-10,12-17,21,26H,11,18-19H2,1H3. The van der Waals surface area contributed by atoms with Gasteiger partial charge in [-0.2, -0.15) is 0 Å². The number of aliphatic hydroxyl groups is 1. The highest BCUT2D eigenvalue weighted by Gasteiger charge is 2.55. The van der Waals surface area contributed by atoms with Crippen LogP contribution in [0.4, 0.5) is 0 Å². The molecular formula is C25H26O. The molecule has 1 heteroatoms. The van der Waals surface area contributed by atoms with E-state index in [9.17, 15) is 5.11 Å². The van der Waals surface area contributed by atoms with Crippen LogP contribution in [0.25, 0.3) is 0 Å². The van der Waals surface area contributed by atoms with Crippen LogP contribution in [0.5, 0.6) is 0 Å². The SMILES string of the molecule is CC(c1ccccc1)(C1CCC1)C(O)(c1ccccc1)c1ccccc1. The van der Waals surface area contributed by atoms with Gasteiger partial charge in [0.25, 0.3) is 0 Å². The van der Waals surface area contributed by atoms with E-state index >= 15 is 0 Å². The second-order valence-electron chi connectivity index (χ2n) is 7.64. The first-order valence-corrected chi connectivity index (χ1v) is 9.56. The van der Waals surface area contributed by atoms with Crippen LogP contribution in [0.3, 0.4) is 0 Å². The van der Waals surface area contributed by atoms with Crippen LogP contribution < -0.4 is 0 Å². The van der Waals surface area contributed by atoms with Crippen LogP contribution in [0.15, 0.2) is 91.0 Å². The Morgan fingerprint density at radius 3 is 1.38 bits per heavy atom. The first-order chi connectivity index (χ1) is 12.7. The van der Waals surface area contributed by atoms with E-state index in [-0.39, 0.29) is 0 Å². The number of hydrogen-bond acceptors (Lipinski definition) is 1. The van der Waals surface area contributed by atoms with E-state index in [1.165, 1.54) is 12.0 Å². The maximum absolute atomic E-state index is 12.5. The highest BCUT2D eigenvalue weighted by molar-refractivity contribution is 5.46. The topological polar surface area (TPSA) is 20.2 Å². The van der Waals surface area contributed by atoms with Gasteiger partial charge in [0.1, 0.15) is 5.60 Å². The highest BCUT2D eigenvalue weighted by Crippen LogP contribution is 2.56. The minimum absolute atomic E-state index is 0.394.